The molecule has 0 saturated heterocycles. The average molecular weight is 493 g/mol. The number of aryl methyl sites for hydroxylation is 1. The minimum Gasteiger partial charge on any atom is -0.507 e. The molecule has 0 heterocycles. The third kappa shape index (κ3) is 7.24. The zero-order valence-corrected chi connectivity index (χ0v) is 24.7. The Hall–Kier alpha value is -2.55. The Morgan fingerprint density at radius 1 is 0.639 bits per heavy atom. The standard InChI is InChI=1S/C33H48O3/c1-30(2,3)24-17-21(18-25(28(24)35)31(4,5)6)13-15-23(34)16-14-22-19-26(32(7,8)9)29(36)27(20-22)33(10,11)12/h13,15,17-20,35-36H,14,16H2,1-12H3. The number of hydrogen-bond donors (Lipinski definition) is 2. The first-order valence-corrected chi connectivity index (χ1v) is 13.1. The summed E-state index contributed by atoms with van der Waals surface area (Å²) in [5.41, 5.74) is 4.77. The van der Waals surface area contributed by atoms with Gasteiger partial charge in [0.25, 0.3) is 0 Å². The molecule has 0 aliphatic rings. The van der Waals surface area contributed by atoms with Gasteiger partial charge in [0.15, 0.2) is 5.78 Å². The average Bonchev–Trinajstić information content (AvgIpc) is 2.68. The summed E-state index contributed by atoms with van der Waals surface area (Å²) in [4.78, 5) is 12.9. The van der Waals surface area contributed by atoms with E-state index in [1.54, 1.807) is 6.08 Å². The lowest BCUT2D eigenvalue weighted by Crippen LogP contribution is -2.18. The lowest BCUT2D eigenvalue weighted by molar-refractivity contribution is -0.114. The Bertz CT molecular complexity index is 1070. The van der Waals surface area contributed by atoms with Gasteiger partial charge in [0.2, 0.25) is 0 Å². The van der Waals surface area contributed by atoms with Gasteiger partial charge in [-0.25, -0.2) is 0 Å². The molecule has 0 spiro atoms. The first kappa shape index (κ1) is 29.7. The van der Waals surface area contributed by atoms with E-state index in [1.165, 1.54) is 0 Å². The van der Waals surface area contributed by atoms with Crippen molar-refractivity contribution in [2.24, 2.45) is 0 Å². The highest BCUT2D eigenvalue weighted by Gasteiger charge is 2.27. The van der Waals surface area contributed by atoms with Crippen LogP contribution in [0.25, 0.3) is 6.08 Å². The summed E-state index contributed by atoms with van der Waals surface area (Å²) in [6, 6.07) is 8.07. The van der Waals surface area contributed by atoms with Gasteiger partial charge in [-0.3, -0.25) is 4.79 Å². The van der Waals surface area contributed by atoms with E-state index >= 15 is 0 Å². The van der Waals surface area contributed by atoms with Gasteiger partial charge in [0.1, 0.15) is 11.5 Å². The van der Waals surface area contributed by atoms with Gasteiger partial charge in [0.05, 0.1) is 0 Å². The minimum absolute atomic E-state index is 0.0559. The predicted octanol–water partition coefficient (Wildman–Crippen LogP) is 8.50. The Labute approximate surface area is 219 Å². The van der Waals surface area contributed by atoms with Gasteiger partial charge in [0, 0.05) is 17.5 Å². The number of hydrogen-bond acceptors (Lipinski definition) is 3. The van der Waals surface area contributed by atoms with Crippen LogP contribution in [-0.4, -0.2) is 16.0 Å². The fourth-order valence-corrected chi connectivity index (χ4v) is 4.42. The summed E-state index contributed by atoms with van der Waals surface area (Å²) in [7, 11) is 0. The molecule has 0 amide bonds. The van der Waals surface area contributed by atoms with Crippen LogP contribution in [-0.2, 0) is 32.9 Å². The van der Waals surface area contributed by atoms with Crippen molar-refractivity contribution in [1.29, 1.82) is 0 Å². The molecule has 2 aromatic rings. The predicted molar refractivity (Wildman–Crippen MR) is 153 cm³/mol. The second-order valence-electron chi connectivity index (χ2n) is 14.3. The quantitative estimate of drug-likeness (QED) is 0.411. The van der Waals surface area contributed by atoms with Gasteiger partial charge < -0.3 is 10.2 Å². The summed E-state index contributed by atoms with van der Waals surface area (Å²) >= 11 is 0. The highest BCUT2D eigenvalue weighted by Crippen LogP contribution is 2.41. The molecule has 198 valence electrons. The summed E-state index contributed by atoms with van der Waals surface area (Å²) in [6.45, 7) is 25.1. The van der Waals surface area contributed by atoms with Gasteiger partial charge in [-0.2, -0.15) is 0 Å². The maximum Gasteiger partial charge on any atom is 0.156 e. The number of ketones is 1. The molecule has 0 bridgehead atoms. The first-order valence-electron chi connectivity index (χ1n) is 13.1. The smallest absolute Gasteiger partial charge is 0.156 e. The van der Waals surface area contributed by atoms with Crippen LogP contribution >= 0.6 is 0 Å². The number of phenols is 2. The van der Waals surface area contributed by atoms with Gasteiger partial charge in [-0.05, 0) is 68.5 Å². The Morgan fingerprint density at radius 3 is 1.31 bits per heavy atom. The summed E-state index contributed by atoms with van der Waals surface area (Å²) in [5, 5.41) is 21.9. The lowest BCUT2D eigenvalue weighted by atomic mass is 9.78. The van der Waals surface area contributed by atoms with Gasteiger partial charge in [-0.15, -0.1) is 0 Å². The number of benzene rings is 2. The molecule has 0 saturated carbocycles. The van der Waals surface area contributed by atoms with Gasteiger partial charge >= 0.3 is 0 Å². The highest BCUT2D eigenvalue weighted by molar-refractivity contribution is 5.93. The first-order chi connectivity index (χ1) is 16.1. The topological polar surface area (TPSA) is 57.5 Å². The summed E-state index contributed by atoms with van der Waals surface area (Å²) < 4.78 is 0. The van der Waals surface area contributed by atoms with Crippen molar-refractivity contribution in [2.75, 3.05) is 0 Å². The molecule has 0 aliphatic carbocycles. The molecule has 36 heavy (non-hydrogen) atoms. The van der Waals surface area contributed by atoms with E-state index < -0.39 is 0 Å². The SMILES string of the molecule is CC(C)(C)c1cc(C=CC(=O)CCc2cc(C(C)(C)C)c(O)c(C(C)(C)C)c2)cc(C(C)(C)C)c1O. The van der Waals surface area contributed by atoms with E-state index in [2.05, 4.69) is 83.1 Å². The summed E-state index contributed by atoms with van der Waals surface area (Å²) in [6.07, 6.45) is 4.53. The van der Waals surface area contributed by atoms with Crippen molar-refractivity contribution in [3.05, 3.63) is 63.7 Å². The maximum atomic E-state index is 12.9. The number of aromatic hydroxyl groups is 2. The Balaban J connectivity index is 2.34. The number of phenolic OH excluding ortho intramolecular Hbond substituents is 2. The van der Waals surface area contributed by atoms with Crippen LogP contribution in [0, 0.1) is 0 Å². The van der Waals surface area contributed by atoms with Crippen molar-refractivity contribution in [3.8, 4) is 11.5 Å². The number of allylic oxidation sites excluding steroid dienone is 1. The van der Waals surface area contributed by atoms with Crippen LogP contribution in [0.2, 0.25) is 0 Å². The molecule has 0 aromatic heterocycles. The van der Waals surface area contributed by atoms with E-state index in [0.717, 1.165) is 33.4 Å². The molecule has 3 heteroatoms. The maximum absolute atomic E-state index is 12.9. The van der Waals surface area contributed by atoms with Gasteiger partial charge in [-0.1, -0.05) is 101 Å². The molecule has 2 rings (SSSR count). The van der Waals surface area contributed by atoms with Crippen molar-refractivity contribution >= 4 is 11.9 Å². The van der Waals surface area contributed by atoms with Crippen LogP contribution in [0.1, 0.15) is 123 Å². The second-order valence-corrected chi connectivity index (χ2v) is 14.3. The van der Waals surface area contributed by atoms with Crippen LogP contribution in [0.3, 0.4) is 0 Å². The van der Waals surface area contributed by atoms with Crippen LogP contribution in [0.5, 0.6) is 11.5 Å². The fourth-order valence-electron chi connectivity index (χ4n) is 4.42. The molecule has 0 fully saturated rings. The second kappa shape index (κ2) is 10.1. The van der Waals surface area contributed by atoms with E-state index in [0.29, 0.717) is 24.3 Å². The highest BCUT2D eigenvalue weighted by atomic mass is 16.3. The van der Waals surface area contributed by atoms with Crippen molar-refractivity contribution < 1.29 is 15.0 Å². The summed E-state index contributed by atoms with van der Waals surface area (Å²) in [5.74, 6) is 0.761. The molecule has 2 aromatic carbocycles. The van der Waals surface area contributed by atoms with Crippen LogP contribution in [0.15, 0.2) is 30.3 Å². The Morgan fingerprint density at radius 2 is 0.972 bits per heavy atom. The zero-order chi connectivity index (χ0) is 27.9. The van der Waals surface area contributed by atoms with E-state index in [9.17, 15) is 15.0 Å². The molecule has 2 N–H and O–H groups in total. The molecular weight excluding hydrogens is 444 g/mol. The normalized spacial score (nSPS) is 13.4. The number of carbonyl (C=O) groups is 1. The number of carbonyl (C=O) groups excluding carboxylic acids is 1. The molecule has 0 radical (unpaired) electrons. The largest absolute Gasteiger partial charge is 0.507 e. The minimum atomic E-state index is -0.216. The van der Waals surface area contributed by atoms with E-state index in [-0.39, 0.29) is 27.4 Å². The lowest BCUT2D eigenvalue weighted by Gasteiger charge is -2.28. The molecule has 3 nitrogen and oxygen atoms in total. The number of rotatable bonds is 5. The van der Waals surface area contributed by atoms with Crippen LogP contribution < -0.4 is 0 Å². The fraction of sp³-hybridized carbons (Fsp3) is 0.545. The van der Waals surface area contributed by atoms with Crippen molar-refractivity contribution in [1.82, 2.24) is 0 Å². The molecule has 0 unspecified atom stereocenters. The van der Waals surface area contributed by atoms with Crippen molar-refractivity contribution in [3.63, 3.8) is 0 Å². The molecular formula is C33H48O3. The van der Waals surface area contributed by atoms with E-state index in [4.69, 9.17) is 0 Å². The molecule has 0 aliphatic heterocycles. The third-order valence-corrected chi connectivity index (χ3v) is 6.66. The molecule has 0 atom stereocenters. The van der Waals surface area contributed by atoms with E-state index in [1.807, 2.05) is 30.3 Å². The monoisotopic (exact) mass is 492 g/mol. The van der Waals surface area contributed by atoms with Crippen molar-refractivity contribution in [2.45, 2.75) is 118 Å². The zero-order valence-electron chi connectivity index (χ0n) is 24.7. The third-order valence-electron chi connectivity index (χ3n) is 6.66. The Kier molecular flexibility index (Phi) is 8.30. The van der Waals surface area contributed by atoms with Crippen LogP contribution in [0.4, 0.5) is 0 Å².